The van der Waals surface area contributed by atoms with Gasteiger partial charge in [0.15, 0.2) is 10.9 Å². The van der Waals surface area contributed by atoms with Crippen LogP contribution in [0.25, 0.3) is 16.6 Å². The first-order valence-electron chi connectivity index (χ1n) is 10.4. The molecule has 0 saturated carbocycles. The van der Waals surface area contributed by atoms with Gasteiger partial charge >= 0.3 is 5.69 Å². The normalized spacial score (nSPS) is 11.1. The molecule has 3 N–H and O–H groups in total. The van der Waals surface area contributed by atoms with Gasteiger partial charge in [-0.05, 0) is 24.3 Å². The molecule has 0 radical (unpaired) electrons. The third kappa shape index (κ3) is 4.66. The van der Waals surface area contributed by atoms with Crippen molar-refractivity contribution >= 4 is 34.3 Å². The van der Waals surface area contributed by atoms with Gasteiger partial charge in [0.05, 0.1) is 35.5 Å². The average molecular weight is 498 g/mol. The summed E-state index contributed by atoms with van der Waals surface area (Å²) >= 11 is 0.843. The first kappa shape index (κ1) is 24.1. The van der Waals surface area contributed by atoms with Gasteiger partial charge in [-0.3, -0.25) is 28.5 Å². The number of hydrogen-bond donors (Lipinski definition) is 2. The highest BCUT2D eigenvalue weighted by Crippen LogP contribution is 2.23. The molecule has 4 rings (SSSR count). The number of fused-ring (bicyclic) bond motifs is 1. The molecule has 10 nitrogen and oxygen atoms in total. The number of Topliss-reactive ketones (excluding diaryl/α,β-unsaturated/α-hetero) is 1. The van der Waals surface area contributed by atoms with E-state index < -0.39 is 34.0 Å². The Labute approximate surface area is 201 Å². The molecule has 12 heteroatoms. The number of rotatable bonds is 8. The molecule has 0 aliphatic carbocycles. The molecular weight excluding hydrogens is 477 g/mol. The summed E-state index contributed by atoms with van der Waals surface area (Å²) in [5.41, 5.74) is 3.71. The number of anilines is 1. The smallest absolute Gasteiger partial charge is 0.330 e. The van der Waals surface area contributed by atoms with E-state index in [0.717, 1.165) is 20.9 Å². The number of aromatic amines is 1. The Morgan fingerprint density at radius 1 is 1.14 bits per heavy atom. The Hall–Kier alpha value is -4.03. The minimum Gasteiger partial charge on any atom is -0.384 e. The van der Waals surface area contributed by atoms with Crippen molar-refractivity contribution in [1.82, 2.24) is 19.1 Å². The predicted molar refractivity (Wildman–Crippen MR) is 130 cm³/mol. The van der Waals surface area contributed by atoms with Crippen molar-refractivity contribution in [3.63, 3.8) is 0 Å². The maximum absolute atomic E-state index is 14.6. The number of nitrogens with one attached hydrogen (secondary N) is 1. The third-order valence-corrected chi connectivity index (χ3v) is 6.15. The molecule has 2 heterocycles. The topological polar surface area (TPSA) is 142 Å². The number of aromatic nitrogens is 4. The van der Waals surface area contributed by atoms with Crippen molar-refractivity contribution in [2.24, 2.45) is 0 Å². The maximum atomic E-state index is 14.6. The first-order chi connectivity index (χ1) is 16.8. The van der Waals surface area contributed by atoms with Gasteiger partial charge in [-0.2, -0.15) is 0 Å². The summed E-state index contributed by atoms with van der Waals surface area (Å²) in [5.74, 6) is -1.98. The number of methoxy groups -OCH3 is 1. The molecule has 0 fully saturated rings. The summed E-state index contributed by atoms with van der Waals surface area (Å²) in [4.78, 5) is 57.2. The predicted octanol–water partition coefficient (Wildman–Crippen LogP) is 1.58. The van der Waals surface area contributed by atoms with Gasteiger partial charge in [-0.1, -0.05) is 36.0 Å². The van der Waals surface area contributed by atoms with Gasteiger partial charge in [-0.15, -0.1) is 0 Å². The van der Waals surface area contributed by atoms with Crippen LogP contribution in [0.3, 0.4) is 0 Å². The largest absolute Gasteiger partial charge is 0.384 e. The van der Waals surface area contributed by atoms with Gasteiger partial charge in [0.1, 0.15) is 17.2 Å². The molecule has 0 amide bonds. The lowest BCUT2D eigenvalue weighted by atomic mass is 10.2. The molecule has 0 spiro atoms. The molecule has 180 valence electrons. The minimum atomic E-state index is -0.926. The molecular formula is C23H20FN5O5S. The molecule has 2 aromatic carbocycles. The van der Waals surface area contributed by atoms with Gasteiger partial charge in [-0.25, -0.2) is 14.2 Å². The molecule has 0 bridgehead atoms. The van der Waals surface area contributed by atoms with Crippen LogP contribution in [0, 0.1) is 5.82 Å². The summed E-state index contributed by atoms with van der Waals surface area (Å²) in [5, 5.41) is 0.326. The molecule has 0 saturated heterocycles. The Morgan fingerprint density at radius 2 is 1.86 bits per heavy atom. The zero-order chi connectivity index (χ0) is 25.1. The monoisotopic (exact) mass is 497 g/mol. The van der Waals surface area contributed by atoms with Crippen LogP contribution in [0.5, 0.6) is 0 Å². The number of hydrogen-bond acceptors (Lipinski definition) is 8. The number of benzene rings is 2. The number of nitrogens with zero attached hydrogens (tertiary/aromatic N) is 3. The highest BCUT2D eigenvalue weighted by molar-refractivity contribution is 7.99. The molecule has 0 unspecified atom stereocenters. The third-order valence-electron chi connectivity index (χ3n) is 5.21. The van der Waals surface area contributed by atoms with Crippen molar-refractivity contribution in [1.29, 1.82) is 0 Å². The zero-order valence-electron chi connectivity index (χ0n) is 18.5. The number of halogens is 1. The SMILES string of the molecule is COCCn1c(N)c(C(=O)CSc2nc3ccccc3c(=O)n2-c2ccccc2F)c(=O)[nH]c1=O. The van der Waals surface area contributed by atoms with Gasteiger partial charge in [0.25, 0.3) is 11.1 Å². The highest BCUT2D eigenvalue weighted by atomic mass is 32.2. The van der Waals surface area contributed by atoms with Crippen molar-refractivity contribution in [3.8, 4) is 5.69 Å². The Balaban J connectivity index is 1.76. The van der Waals surface area contributed by atoms with Crippen LogP contribution >= 0.6 is 11.8 Å². The number of H-pyrrole nitrogens is 1. The van der Waals surface area contributed by atoms with E-state index in [1.807, 2.05) is 0 Å². The summed E-state index contributed by atoms with van der Waals surface area (Å²) in [6.45, 7) is 0.166. The molecule has 35 heavy (non-hydrogen) atoms. The molecule has 0 aliphatic rings. The van der Waals surface area contributed by atoms with Gasteiger partial charge < -0.3 is 10.5 Å². The van der Waals surface area contributed by atoms with Gasteiger partial charge in [0, 0.05) is 7.11 Å². The maximum Gasteiger partial charge on any atom is 0.330 e. The van der Waals surface area contributed by atoms with E-state index in [0.29, 0.717) is 5.52 Å². The summed E-state index contributed by atoms with van der Waals surface area (Å²) in [6.07, 6.45) is 0. The lowest BCUT2D eigenvalue weighted by molar-refractivity contribution is 0.102. The zero-order valence-corrected chi connectivity index (χ0v) is 19.3. The number of carbonyl (C=O) groups excluding carboxylic acids is 1. The summed E-state index contributed by atoms with van der Waals surface area (Å²) < 4.78 is 21.7. The average Bonchev–Trinajstić information content (AvgIpc) is 2.83. The number of ketones is 1. The second-order valence-electron chi connectivity index (χ2n) is 7.38. The van der Waals surface area contributed by atoms with E-state index in [4.69, 9.17) is 10.5 Å². The lowest BCUT2D eigenvalue weighted by Gasteiger charge is -2.14. The van der Waals surface area contributed by atoms with Crippen LogP contribution in [-0.2, 0) is 11.3 Å². The number of ether oxygens (including phenoxy) is 1. The number of nitrogens with two attached hydrogens (primary N) is 1. The number of carbonyl (C=O) groups is 1. The van der Waals surface area contributed by atoms with Crippen molar-refractivity contribution in [3.05, 3.63) is 91.1 Å². The van der Waals surface area contributed by atoms with E-state index in [-0.39, 0.29) is 41.0 Å². The Bertz CT molecular complexity index is 1610. The second kappa shape index (κ2) is 10.1. The van der Waals surface area contributed by atoms with Crippen LogP contribution in [-0.4, -0.2) is 44.4 Å². The standard InChI is InChI=1S/C23H20FN5O5S/c1-34-11-10-28-19(25)18(20(31)27-22(28)33)17(30)12-35-23-26-15-8-4-2-6-13(15)21(32)29(23)16-9-5-3-7-14(16)24/h2-9H,10-12,25H2,1H3,(H,27,31,33). The fourth-order valence-corrected chi connectivity index (χ4v) is 4.40. The quantitative estimate of drug-likeness (QED) is 0.212. The number of nitrogen functional groups attached to an aromatic ring is 1. The van der Waals surface area contributed by atoms with Crippen LogP contribution in [0.2, 0.25) is 0 Å². The molecule has 4 aromatic rings. The summed E-state index contributed by atoms with van der Waals surface area (Å²) in [6, 6.07) is 12.3. The van der Waals surface area contributed by atoms with E-state index >= 15 is 0 Å². The van der Waals surface area contributed by atoms with Crippen LogP contribution in [0.1, 0.15) is 10.4 Å². The van der Waals surface area contributed by atoms with E-state index in [9.17, 15) is 23.6 Å². The van der Waals surface area contributed by atoms with E-state index in [1.54, 1.807) is 30.3 Å². The van der Waals surface area contributed by atoms with Crippen molar-refractivity contribution in [2.45, 2.75) is 11.7 Å². The number of para-hydroxylation sites is 2. The van der Waals surface area contributed by atoms with E-state index in [2.05, 4.69) is 9.97 Å². The van der Waals surface area contributed by atoms with Crippen molar-refractivity contribution < 1.29 is 13.9 Å². The summed E-state index contributed by atoms with van der Waals surface area (Å²) in [7, 11) is 1.43. The Morgan fingerprint density at radius 3 is 2.60 bits per heavy atom. The molecule has 0 atom stereocenters. The fourth-order valence-electron chi connectivity index (χ4n) is 3.52. The van der Waals surface area contributed by atoms with E-state index in [1.165, 1.54) is 25.3 Å². The first-order valence-corrected chi connectivity index (χ1v) is 11.4. The fraction of sp³-hybridized carbons (Fsp3) is 0.174. The van der Waals surface area contributed by atoms with Gasteiger partial charge in [0.2, 0.25) is 0 Å². The number of thioether (sulfide) groups is 1. The van der Waals surface area contributed by atoms with Crippen LogP contribution < -0.4 is 22.5 Å². The van der Waals surface area contributed by atoms with Crippen LogP contribution in [0.4, 0.5) is 10.2 Å². The highest BCUT2D eigenvalue weighted by Gasteiger charge is 2.22. The van der Waals surface area contributed by atoms with Crippen molar-refractivity contribution in [2.75, 3.05) is 25.2 Å². The second-order valence-corrected chi connectivity index (χ2v) is 8.32. The lowest BCUT2D eigenvalue weighted by Crippen LogP contribution is -2.37. The minimum absolute atomic E-state index is 0.0313. The Kier molecular flexibility index (Phi) is 6.94. The van der Waals surface area contributed by atoms with Crippen LogP contribution in [0.15, 0.2) is 68.1 Å². The molecule has 2 aromatic heterocycles. The molecule has 0 aliphatic heterocycles.